The number of fused-ring (bicyclic) bond motifs is 1. The van der Waals surface area contributed by atoms with Gasteiger partial charge in [0.05, 0.1) is 16.8 Å². The number of hydrogen-bond acceptors (Lipinski definition) is 4. The van der Waals surface area contributed by atoms with Gasteiger partial charge in [0.1, 0.15) is 0 Å². The number of benzene rings is 1. The van der Waals surface area contributed by atoms with Crippen LogP contribution in [0.4, 0.5) is 5.69 Å². The molecule has 0 bridgehead atoms. The molecule has 0 saturated heterocycles. The first kappa shape index (κ1) is 15.8. The van der Waals surface area contributed by atoms with Gasteiger partial charge in [0.2, 0.25) is 0 Å². The van der Waals surface area contributed by atoms with Gasteiger partial charge in [-0.3, -0.25) is 4.72 Å². The maximum Gasteiger partial charge on any atom is 0.261 e. The summed E-state index contributed by atoms with van der Waals surface area (Å²) in [5.74, 6) is 0.627. The van der Waals surface area contributed by atoms with Gasteiger partial charge in [0.15, 0.2) is 5.82 Å². The van der Waals surface area contributed by atoms with E-state index in [9.17, 15) is 8.42 Å². The van der Waals surface area contributed by atoms with Crippen LogP contribution in [0.1, 0.15) is 24.0 Å². The van der Waals surface area contributed by atoms with E-state index in [4.69, 9.17) is 0 Å². The summed E-state index contributed by atoms with van der Waals surface area (Å²) in [6, 6.07) is 10.6. The van der Waals surface area contributed by atoms with Crippen molar-refractivity contribution < 1.29 is 8.42 Å². The molecule has 25 heavy (non-hydrogen) atoms. The van der Waals surface area contributed by atoms with Crippen LogP contribution in [0.2, 0.25) is 0 Å². The van der Waals surface area contributed by atoms with Crippen LogP contribution in [-0.2, 0) is 22.9 Å². The zero-order valence-electron chi connectivity index (χ0n) is 13.6. The number of sulfonamides is 1. The van der Waals surface area contributed by atoms with Gasteiger partial charge >= 0.3 is 0 Å². The predicted octanol–water partition coefficient (Wildman–Crippen LogP) is 2.95. The Morgan fingerprint density at radius 3 is 2.60 bits per heavy atom. The number of nitrogens with zero attached hydrogens (tertiary/aromatic N) is 3. The average Bonchev–Trinajstić information content (AvgIpc) is 3.16. The summed E-state index contributed by atoms with van der Waals surface area (Å²) in [6.07, 6.45) is 9.19. The Bertz CT molecular complexity index is 980. The Labute approximate surface area is 146 Å². The number of aromatic nitrogens is 3. The molecule has 7 heteroatoms. The molecule has 3 aromatic rings. The van der Waals surface area contributed by atoms with Gasteiger partial charge in [-0.2, -0.15) is 5.10 Å². The lowest BCUT2D eigenvalue weighted by atomic mass is 9.92. The monoisotopic (exact) mass is 354 g/mol. The molecule has 0 saturated carbocycles. The molecule has 1 aliphatic rings. The van der Waals surface area contributed by atoms with Crippen molar-refractivity contribution >= 4 is 15.7 Å². The Kier molecular flexibility index (Phi) is 4.01. The molecule has 1 aliphatic carbocycles. The first-order valence-corrected chi connectivity index (χ1v) is 9.71. The van der Waals surface area contributed by atoms with Crippen molar-refractivity contribution in [2.75, 3.05) is 4.72 Å². The van der Waals surface area contributed by atoms with E-state index in [0.717, 1.165) is 24.8 Å². The van der Waals surface area contributed by atoms with E-state index in [-0.39, 0.29) is 0 Å². The third-order valence-corrected chi connectivity index (χ3v) is 5.75. The maximum atomic E-state index is 12.6. The van der Waals surface area contributed by atoms with E-state index >= 15 is 0 Å². The van der Waals surface area contributed by atoms with Gasteiger partial charge in [-0.25, -0.2) is 18.1 Å². The normalized spacial score (nSPS) is 14.1. The van der Waals surface area contributed by atoms with Crippen LogP contribution in [0.25, 0.3) is 5.82 Å². The summed E-state index contributed by atoms with van der Waals surface area (Å²) < 4.78 is 29.5. The quantitative estimate of drug-likeness (QED) is 0.781. The third kappa shape index (κ3) is 3.28. The number of pyridine rings is 1. The van der Waals surface area contributed by atoms with Gasteiger partial charge in [-0.1, -0.05) is 6.07 Å². The minimum absolute atomic E-state index is 0.296. The third-order valence-electron chi connectivity index (χ3n) is 4.37. The molecule has 1 N–H and O–H groups in total. The molecule has 0 fully saturated rings. The van der Waals surface area contributed by atoms with Crippen LogP contribution in [0.3, 0.4) is 0 Å². The SMILES string of the molecule is O=S(=O)(Nc1ccc(-n2cccn2)nc1)c1ccc2c(c1)CCCC2. The standard InChI is InChI=1S/C18H18N4O2S/c23-25(24,17-8-6-14-4-1-2-5-15(14)12-17)21-16-7-9-18(19-13-16)22-11-3-10-20-22/h3,6-13,21H,1-2,4-5H2. The van der Waals surface area contributed by atoms with Crippen molar-refractivity contribution in [3.05, 3.63) is 66.1 Å². The van der Waals surface area contributed by atoms with E-state index in [1.807, 2.05) is 6.07 Å². The maximum absolute atomic E-state index is 12.6. The minimum Gasteiger partial charge on any atom is -0.278 e. The second-order valence-electron chi connectivity index (χ2n) is 6.10. The number of nitrogens with one attached hydrogen (secondary N) is 1. The largest absolute Gasteiger partial charge is 0.278 e. The van der Waals surface area contributed by atoms with E-state index < -0.39 is 10.0 Å². The molecular weight excluding hydrogens is 336 g/mol. The average molecular weight is 354 g/mol. The predicted molar refractivity (Wildman–Crippen MR) is 95.3 cm³/mol. The number of hydrogen-bond donors (Lipinski definition) is 1. The number of anilines is 1. The molecule has 0 radical (unpaired) electrons. The Hall–Kier alpha value is -2.67. The van der Waals surface area contributed by atoms with Crippen LogP contribution >= 0.6 is 0 Å². The van der Waals surface area contributed by atoms with Gasteiger partial charge in [-0.15, -0.1) is 0 Å². The van der Waals surface area contributed by atoms with Crippen LogP contribution in [0, 0.1) is 0 Å². The van der Waals surface area contributed by atoms with Crippen molar-refractivity contribution in [3.63, 3.8) is 0 Å². The summed E-state index contributed by atoms with van der Waals surface area (Å²) in [4.78, 5) is 4.54. The van der Waals surface area contributed by atoms with Crippen molar-refractivity contribution in [1.82, 2.24) is 14.8 Å². The molecule has 2 heterocycles. The van der Waals surface area contributed by atoms with Crippen LogP contribution in [-0.4, -0.2) is 23.2 Å². The molecule has 0 amide bonds. The zero-order chi connectivity index (χ0) is 17.3. The highest BCUT2D eigenvalue weighted by Gasteiger charge is 2.18. The molecule has 0 aliphatic heterocycles. The molecule has 0 spiro atoms. The second kappa shape index (κ2) is 6.33. The first-order valence-electron chi connectivity index (χ1n) is 8.22. The first-order chi connectivity index (χ1) is 12.1. The fourth-order valence-corrected chi connectivity index (χ4v) is 4.17. The van der Waals surface area contributed by atoms with Crippen molar-refractivity contribution in [1.29, 1.82) is 0 Å². The summed E-state index contributed by atoms with van der Waals surface area (Å²) in [6.45, 7) is 0. The fourth-order valence-electron chi connectivity index (χ4n) is 3.08. The lowest BCUT2D eigenvalue weighted by Gasteiger charge is -2.17. The summed E-state index contributed by atoms with van der Waals surface area (Å²) in [7, 11) is -3.63. The molecule has 0 atom stereocenters. The Balaban J connectivity index is 1.57. The van der Waals surface area contributed by atoms with E-state index in [1.54, 1.807) is 47.4 Å². The fraction of sp³-hybridized carbons (Fsp3) is 0.222. The lowest BCUT2D eigenvalue weighted by Crippen LogP contribution is -2.14. The summed E-state index contributed by atoms with van der Waals surface area (Å²) in [5, 5.41) is 4.09. The van der Waals surface area contributed by atoms with Gasteiger partial charge in [0, 0.05) is 12.4 Å². The van der Waals surface area contributed by atoms with Crippen LogP contribution < -0.4 is 4.72 Å². The summed E-state index contributed by atoms with van der Waals surface area (Å²) in [5.41, 5.74) is 2.82. The van der Waals surface area contributed by atoms with E-state index in [2.05, 4.69) is 14.8 Å². The van der Waals surface area contributed by atoms with Crippen LogP contribution in [0.15, 0.2) is 59.9 Å². The van der Waals surface area contributed by atoms with E-state index in [0.29, 0.717) is 16.4 Å². The molecule has 4 rings (SSSR count). The molecule has 2 aromatic heterocycles. The molecule has 0 unspecified atom stereocenters. The Morgan fingerprint density at radius 2 is 1.88 bits per heavy atom. The minimum atomic E-state index is -3.63. The molecule has 128 valence electrons. The second-order valence-corrected chi connectivity index (χ2v) is 7.78. The van der Waals surface area contributed by atoms with E-state index in [1.165, 1.54) is 18.2 Å². The van der Waals surface area contributed by atoms with Crippen molar-refractivity contribution in [2.45, 2.75) is 30.6 Å². The molecule has 6 nitrogen and oxygen atoms in total. The van der Waals surface area contributed by atoms with Gasteiger partial charge in [0.25, 0.3) is 10.0 Å². The topological polar surface area (TPSA) is 76.9 Å². The number of rotatable bonds is 4. The highest BCUT2D eigenvalue weighted by molar-refractivity contribution is 7.92. The van der Waals surface area contributed by atoms with Crippen molar-refractivity contribution in [3.8, 4) is 5.82 Å². The highest BCUT2D eigenvalue weighted by Crippen LogP contribution is 2.25. The zero-order valence-corrected chi connectivity index (χ0v) is 14.4. The van der Waals surface area contributed by atoms with Gasteiger partial charge < -0.3 is 0 Å². The smallest absolute Gasteiger partial charge is 0.261 e. The summed E-state index contributed by atoms with van der Waals surface area (Å²) >= 11 is 0. The van der Waals surface area contributed by atoms with Crippen LogP contribution in [0.5, 0.6) is 0 Å². The van der Waals surface area contributed by atoms with Gasteiger partial charge in [-0.05, 0) is 67.1 Å². The molecule has 1 aromatic carbocycles. The number of aryl methyl sites for hydroxylation is 2. The highest BCUT2D eigenvalue weighted by atomic mass is 32.2. The Morgan fingerprint density at radius 1 is 1.04 bits per heavy atom. The lowest BCUT2D eigenvalue weighted by molar-refractivity contribution is 0.600. The van der Waals surface area contributed by atoms with Crippen molar-refractivity contribution in [2.24, 2.45) is 0 Å². The molecular formula is C18H18N4O2S.